The number of hydroxylamine groups is 2. The Morgan fingerprint density at radius 3 is 2.15 bits per heavy atom. The van der Waals surface area contributed by atoms with Crippen molar-refractivity contribution in [2.75, 3.05) is 13.1 Å². The lowest BCUT2D eigenvalue weighted by Crippen LogP contribution is -2.27. The second-order valence-corrected chi connectivity index (χ2v) is 2.47. The molecule has 0 spiro atoms. The summed E-state index contributed by atoms with van der Waals surface area (Å²) in [6.45, 7) is 4.92. The van der Waals surface area contributed by atoms with Crippen LogP contribution in [0.5, 0.6) is 0 Å². The van der Waals surface area contributed by atoms with Crippen molar-refractivity contribution in [3.8, 4) is 0 Å². The largest absolute Gasteiger partial charge is 0.481 e. The molecule has 0 atom stereocenters. The minimum atomic E-state index is -0.989. The van der Waals surface area contributed by atoms with Gasteiger partial charge in [-0.15, -0.1) is 5.06 Å². The van der Waals surface area contributed by atoms with Crippen LogP contribution in [0, 0.1) is 0 Å². The number of nitrogens with zero attached hydrogens (tertiary/aromatic N) is 1. The van der Waals surface area contributed by atoms with E-state index in [9.17, 15) is 9.59 Å². The SMILES string of the molecule is CCN(CC)OC(=O)CCC(=O)O. The van der Waals surface area contributed by atoms with Crippen molar-refractivity contribution in [2.24, 2.45) is 0 Å². The highest BCUT2D eigenvalue weighted by Gasteiger charge is 2.09. The molecule has 0 saturated heterocycles. The lowest BCUT2D eigenvalue weighted by molar-refractivity contribution is -0.189. The summed E-state index contributed by atoms with van der Waals surface area (Å²) in [5.41, 5.74) is 0. The Kier molecular flexibility index (Phi) is 5.88. The molecule has 0 heterocycles. The van der Waals surface area contributed by atoms with Gasteiger partial charge in [-0.25, -0.2) is 0 Å². The van der Waals surface area contributed by atoms with Gasteiger partial charge in [-0.05, 0) is 13.8 Å². The van der Waals surface area contributed by atoms with Crippen LogP contribution in [-0.4, -0.2) is 35.2 Å². The zero-order valence-electron chi connectivity index (χ0n) is 7.95. The van der Waals surface area contributed by atoms with Gasteiger partial charge < -0.3 is 9.94 Å². The maximum absolute atomic E-state index is 10.9. The fourth-order valence-corrected chi connectivity index (χ4v) is 0.751. The van der Waals surface area contributed by atoms with E-state index in [2.05, 4.69) is 0 Å². The number of carbonyl (C=O) groups excluding carboxylic acids is 1. The molecule has 5 heteroatoms. The van der Waals surface area contributed by atoms with Gasteiger partial charge in [0.2, 0.25) is 0 Å². The van der Waals surface area contributed by atoms with Crippen LogP contribution in [0.25, 0.3) is 0 Å². The number of aliphatic carboxylic acids is 1. The highest BCUT2D eigenvalue weighted by Crippen LogP contribution is 1.96. The molecule has 76 valence electrons. The van der Waals surface area contributed by atoms with E-state index in [1.807, 2.05) is 13.8 Å². The van der Waals surface area contributed by atoms with E-state index in [0.717, 1.165) is 0 Å². The van der Waals surface area contributed by atoms with Gasteiger partial charge in [0.15, 0.2) is 0 Å². The van der Waals surface area contributed by atoms with Crippen molar-refractivity contribution in [3.63, 3.8) is 0 Å². The zero-order valence-corrected chi connectivity index (χ0v) is 7.95. The van der Waals surface area contributed by atoms with E-state index < -0.39 is 11.9 Å². The van der Waals surface area contributed by atoms with Crippen LogP contribution in [0.3, 0.4) is 0 Å². The molecule has 0 fully saturated rings. The first kappa shape index (κ1) is 11.9. The standard InChI is InChI=1S/C8H15NO4/c1-3-9(4-2)13-8(12)6-5-7(10)11/h3-6H2,1-2H3,(H,10,11). The van der Waals surface area contributed by atoms with E-state index in [1.54, 1.807) is 0 Å². The van der Waals surface area contributed by atoms with Gasteiger partial charge in [0, 0.05) is 13.1 Å². The second kappa shape index (κ2) is 6.42. The third-order valence-corrected chi connectivity index (χ3v) is 1.48. The topological polar surface area (TPSA) is 66.8 Å². The number of hydrogen-bond donors (Lipinski definition) is 1. The van der Waals surface area contributed by atoms with Gasteiger partial charge in [-0.2, -0.15) is 0 Å². The molecule has 0 bridgehead atoms. The molecule has 0 aromatic carbocycles. The Balaban J connectivity index is 3.66. The monoisotopic (exact) mass is 189 g/mol. The van der Waals surface area contributed by atoms with Gasteiger partial charge in [-0.3, -0.25) is 9.59 Å². The molecule has 0 aromatic heterocycles. The second-order valence-electron chi connectivity index (χ2n) is 2.47. The fourth-order valence-electron chi connectivity index (χ4n) is 0.751. The summed E-state index contributed by atoms with van der Waals surface area (Å²) < 4.78 is 0. The summed E-state index contributed by atoms with van der Waals surface area (Å²) in [6, 6.07) is 0. The average molecular weight is 189 g/mol. The maximum atomic E-state index is 10.9. The number of carboxylic acid groups (broad SMARTS) is 1. The molecule has 0 aliphatic carbocycles. The Hall–Kier alpha value is -1.10. The molecule has 5 nitrogen and oxygen atoms in total. The molecule has 0 radical (unpaired) electrons. The predicted molar refractivity (Wildman–Crippen MR) is 45.9 cm³/mol. The minimum absolute atomic E-state index is 0.0775. The first-order chi connectivity index (χ1) is 6.10. The quantitative estimate of drug-likeness (QED) is 0.621. The molecule has 1 N–H and O–H groups in total. The van der Waals surface area contributed by atoms with Crippen LogP contribution in [0.15, 0.2) is 0 Å². The summed E-state index contributed by atoms with van der Waals surface area (Å²) >= 11 is 0. The number of carboxylic acids is 1. The predicted octanol–water partition coefficient (Wildman–Crippen LogP) is 0.651. The van der Waals surface area contributed by atoms with Crippen LogP contribution in [-0.2, 0) is 14.4 Å². The molecular formula is C8H15NO4. The molecule has 0 rings (SSSR count). The first-order valence-electron chi connectivity index (χ1n) is 4.27. The van der Waals surface area contributed by atoms with Crippen molar-refractivity contribution < 1.29 is 19.5 Å². The van der Waals surface area contributed by atoms with Gasteiger partial charge in [-0.1, -0.05) is 0 Å². The zero-order chi connectivity index (χ0) is 10.3. The van der Waals surface area contributed by atoms with Gasteiger partial charge in [0.25, 0.3) is 0 Å². The molecule has 0 aliphatic heterocycles. The van der Waals surface area contributed by atoms with E-state index >= 15 is 0 Å². The van der Waals surface area contributed by atoms with E-state index in [1.165, 1.54) is 5.06 Å². The van der Waals surface area contributed by atoms with Crippen molar-refractivity contribution >= 4 is 11.9 Å². The van der Waals surface area contributed by atoms with Crippen LogP contribution in [0.1, 0.15) is 26.7 Å². The molecule has 0 saturated carbocycles. The van der Waals surface area contributed by atoms with Crippen molar-refractivity contribution in [1.29, 1.82) is 0 Å². The van der Waals surface area contributed by atoms with Crippen LogP contribution in [0.2, 0.25) is 0 Å². The fraction of sp³-hybridized carbons (Fsp3) is 0.750. The van der Waals surface area contributed by atoms with Crippen LogP contribution >= 0.6 is 0 Å². The number of hydrogen-bond acceptors (Lipinski definition) is 4. The molecule has 0 aromatic rings. The third kappa shape index (κ3) is 6.10. The normalized spacial score (nSPS) is 10.1. The van der Waals surface area contributed by atoms with Gasteiger partial charge in [0.1, 0.15) is 0 Å². The summed E-state index contributed by atoms with van der Waals surface area (Å²) in [4.78, 5) is 25.9. The molecule has 13 heavy (non-hydrogen) atoms. The minimum Gasteiger partial charge on any atom is -0.481 e. The first-order valence-corrected chi connectivity index (χ1v) is 4.27. The Bertz CT molecular complexity index is 177. The van der Waals surface area contributed by atoms with Gasteiger partial charge >= 0.3 is 11.9 Å². The highest BCUT2D eigenvalue weighted by molar-refractivity contribution is 5.76. The summed E-state index contributed by atoms with van der Waals surface area (Å²) in [5.74, 6) is -1.48. The Morgan fingerprint density at radius 2 is 1.77 bits per heavy atom. The van der Waals surface area contributed by atoms with Crippen LogP contribution in [0.4, 0.5) is 0 Å². The van der Waals surface area contributed by atoms with E-state index in [0.29, 0.717) is 13.1 Å². The number of carbonyl (C=O) groups is 2. The van der Waals surface area contributed by atoms with Gasteiger partial charge in [0.05, 0.1) is 12.8 Å². The van der Waals surface area contributed by atoms with Crippen molar-refractivity contribution in [2.45, 2.75) is 26.7 Å². The third-order valence-electron chi connectivity index (χ3n) is 1.48. The van der Waals surface area contributed by atoms with Crippen molar-refractivity contribution in [3.05, 3.63) is 0 Å². The lowest BCUT2D eigenvalue weighted by Gasteiger charge is -2.16. The highest BCUT2D eigenvalue weighted by atomic mass is 16.7. The Morgan fingerprint density at radius 1 is 1.23 bits per heavy atom. The Labute approximate surface area is 77.2 Å². The van der Waals surface area contributed by atoms with Crippen LogP contribution < -0.4 is 0 Å². The lowest BCUT2D eigenvalue weighted by atomic mass is 10.3. The average Bonchev–Trinajstić information content (AvgIpc) is 2.10. The van der Waals surface area contributed by atoms with Crippen molar-refractivity contribution in [1.82, 2.24) is 5.06 Å². The molecule has 0 amide bonds. The summed E-state index contributed by atoms with van der Waals surface area (Å²) in [6.07, 6.45) is -0.258. The number of rotatable bonds is 6. The molecule has 0 unspecified atom stereocenters. The van der Waals surface area contributed by atoms with E-state index in [4.69, 9.17) is 9.94 Å². The smallest absolute Gasteiger partial charge is 0.325 e. The summed E-state index contributed by atoms with van der Waals surface area (Å²) in [7, 11) is 0. The molecular weight excluding hydrogens is 174 g/mol. The summed E-state index contributed by atoms with van der Waals surface area (Å²) in [5, 5.41) is 9.77. The molecule has 0 aliphatic rings. The van der Waals surface area contributed by atoms with E-state index in [-0.39, 0.29) is 12.8 Å². The maximum Gasteiger partial charge on any atom is 0.325 e.